The molecular formula is C16H15N3O2S2. The van der Waals surface area contributed by atoms with Crippen LogP contribution in [0, 0.1) is 5.92 Å². The highest BCUT2D eigenvalue weighted by Gasteiger charge is 2.21. The zero-order valence-corrected chi connectivity index (χ0v) is 14.2. The number of amides is 1. The van der Waals surface area contributed by atoms with Crippen LogP contribution in [0.1, 0.15) is 34.4 Å². The predicted molar refractivity (Wildman–Crippen MR) is 91.1 cm³/mol. The second-order valence-corrected chi connectivity index (χ2v) is 7.78. The van der Waals surface area contributed by atoms with Gasteiger partial charge in [-0.25, -0.2) is 4.98 Å². The number of anilines is 1. The Kier molecular flexibility index (Phi) is 3.74. The van der Waals surface area contributed by atoms with Crippen LogP contribution in [-0.2, 0) is 12.8 Å². The summed E-state index contributed by atoms with van der Waals surface area (Å²) in [6, 6.07) is 5.53. The summed E-state index contributed by atoms with van der Waals surface area (Å²) in [5.41, 5.74) is 1.40. The summed E-state index contributed by atoms with van der Waals surface area (Å²) in [6.07, 6.45) is 3.21. The lowest BCUT2D eigenvalue weighted by Gasteiger charge is -2.15. The van der Waals surface area contributed by atoms with Crippen molar-refractivity contribution in [3.8, 4) is 10.6 Å². The largest absolute Gasteiger partial charge is 0.355 e. The Morgan fingerprint density at radius 1 is 1.48 bits per heavy atom. The highest BCUT2D eigenvalue weighted by atomic mass is 32.1. The van der Waals surface area contributed by atoms with Crippen LogP contribution in [0.25, 0.3) is 10.6 Å². The maximum atomic E-state index is 12.3. The van der Waals surface area contributed by atoms with E-state index in [1.165, 1.54) is 4.88 Å². The van der Waals surface area contributed by atoms with Crippen LogP contribution in [0.3, 0.4) is 0 Å². The molecule has 0 saturated heterocycles. The minimum Gasteiger partial charge on any atom is -0.355 e. The molecular weight excluding hydrogens is 330 g/mol. The average molecular weight is 345 g/mol. The van der Waals surface area contributed by atoms with Gasteiger partial charge >= 0.3 is 0 Å². The lowest BCUT2D eigenvalue weighted by atomic mass is 9.93. The molecule has 1 N–H and O–H groups in total. The third kappa shape index (κ3) is 2.94. The molecule has 0 aliphatic heterocycles. The van der Waals surface area contributed by atoms with Gasteiger partial charge in [0.15, 0.2) is 16.6 Å². The van der Waals surface area contributed by atoms with Crippen molar-refractivity contribution in [1.29, 1.82) is 0 Å². The normalized spacial score (nSPS) is 17.0. The van der Waals surface area contributed by atoms with Crippen molar-refractivity contribution >= 4 is 33.7 Å². The fraction of sp³-hybridized carbons (Fsp3) is 0.312. The predicted octanol–water partition coefficient (Wildman–Crippen LogP) is 4.24. The standard InChI is InChI=1S/C16H15N3O2S2/c1-9-4-5-10-14(7-9)23-16(17-10)18-15(20)11-8-12(21-19-11)13-3-2-6-22-13/h2-3,6,8-9H,4-5,7H2,1H3,(H,17,18,20)/t9-/m0/s1. The van der Waals surface area contributed by atoms with Gasteiger partial charge in [-0.15, -0.1) is 22.7 Å². The molecule has 0 aromatic carbocycles. The van der Waals surface area contributed by atoms with Crippen LogP contribution < -0.4 is 5.32 Å². The molecule has 5 nitrogen and oxygen atoms in total. The maximum absolute atomic E-state index is 12.3. The van der Waals surface area contributed by atoms with Crippen LogP contribution in [0.15, 0.2) is 28.1 Å². The number of carbonyl (C=O) groups is 1. The molecule has 3 aromatic heterocycles. The molecule has 1 amide bonds. The number of nitrogens with one attached hydrogen (secondary N) is 1. The van der Waals surface area contributed by atoms with E-state index in [9.17, 15) is 4.79 Å². The Balaban J connectivity index is 1.50. The first-order valence-corrected chi connectivity index (χ1v) is 9.19. The summed E-state index contributed by atoms with van der Waals surface area (Å²) in [6.45, 7) is 2.25. The van der Waals surface area contributed by atoms with Crippen LogP contribution >= 0.6 is 22.7 Å². The number of nitrogens with zero attached hydrogens (tertiary/aromatic N) is 2. The molecule has 1 atom stereocenters. The molecule has 7 heteroatoms. The van der Waals surface area contributed by atoms with Gasteiger partial charge in [0.25, 0.3) is 5.91 Å². The van der Waals surface area contributed by atoms with Crippen LogP contribution in [0.2, 0.25) is 0 Å². The van der Waals surface area contributed by atoms with Crippen molar-refractivity contribution in [1.82, 2.24) is 10.1 Å². The molecule has 118 valence electrons. The molecule has 0 bridgehead atoms. The van der Waals surface area contributed by atoms with Gasteiger partial charge in [-0.2, -0.15) is 0 Å². The first-order chi connectivity index (χ1) is 11.2. The molecule has 0 unspecified atom stereocenters. The highest BCUT2D eigenvalue weighted by Crippen LogP contribution is 2.32. The van der Waals surface area contributed by atoms with E-state index in [1.54, 1.807) is 28.7 Å². The lowest BCUT2D eigenvalue weighted by molar-refractivity contribution is 0.101. The van der Waals surface area contributed by atoms with Gasteiger partial charge in [-0.05, 0) is 36.6 Å². The fourth-order valence-electron chi connectivity index (χ4n) is 2.67. The molecule has 23 heavy (non-hydrogen) atoms. The molecule has 3 heterocycles. The molecule has 0 spiro atoms. The minimum absolute atomic E-state index is 0.273. The van der Waals surface area contributed by atoms with Crippen molar-refractivity contribution < 1.29 is 9.32 Å². The van der Waals surface area contributed by atoms with Crippen molar-refractivity contribution in [2.45, 2.75) is 26.2 Å². The number of thiazole rings is 1. The monoisotopic (exact) mass is 345 g/mol. The molecule has 1 aliphatic rings. The number of hydrogen-bond acceptors (Lipinski definition) is 6. The molecule has 1 aliphatic carbocycles. The van der Waals surface area contributed by atoms with E-state index < -0.39 is 0 Å². The number of hydrogen-bond donors (Lipinski definition) is 1. The SMILES string of the molecule is C[C@H]1CCc2nc(NC(=O)c3cc(-c4cccs4)on3)sc2C1. The number of aromatic nitrogens is 2. The number of aryl methyl sites for hydroxylation is 1. The number of thiophene rings is 1. The Hall–Kier alpha value is -1.99. The van der Waals surface area contributed by atoms with Crippen molar-refractivity contribution in [3.63, 3.8) is 0 Å². The Morgan fingerprint density at radius 2 is 2.39 bits per heavy atom. The molecule has 4 rings (SSSR count). The molecule has 3 aromatic rings. The second-order valence-electron chi connectivity index (χ2n) is 5.74. The van der Waals surface area contributed by atoms with Crippen LogP contribution in [-0.4, -0.2) is 16.0 Å². The minimum atomic E-state index is -0.282. The van der Waals surface area contributed by atoms with Crippen LogP contribution in [0.4, 0.5) is 5.13 Å². The second kappa shape index (κ2) is 5.90. The van der Waals surface area contributed by atoms with E-state index in [0.29, 0.717) is 16.8 Å². The van der Waals surface area contributed by atoms with Crippen LogP contribution in [0.5, 0.6) is 0 Å². The van der Waals surface area contributed by atoms with Gasteiger partial charge in [0.2, 0.25) is 0 Å². The summed E-state index contributed by atoms with van der Waals surface area (Å²) in [5, 5.41) is 9.30. The van der Waals surface area contributed by atoms with E-state index in [2.05, 4.69) is 22.4 Å². The van der Waals surface area contributed by atoms with E-state index in [4.69, 9.17) is 4.52 Å². The van der Waals surface area contributed by atoms with Crippen molar-refractivity contribution in [2.24, 2.45) is 5.92 Å². The number of rotatable bonds is 3. The quantitative estimate of drug-likeness (QED) is 0.771. The summed E-state index contributed by atoms with van der Waals surface area (Å²) in [7, 11) is 0. The van der Waals surface area contributed by atoms with Crippen molar-refractivity contribution in [3.05, 3.63) is 39.8 Å². The zero-order valence-electron chi connectivity index (χ0n) is 12.5. The van der Waals surface area contributed by atoms with Gasteiger partial charge in [0, 0.05) is 10.9 Å². The summed E-state index contributed by atoms with van der Waals surface area (Å²) in [4.78, 5) is 19.1. The van der Waals surface area contributed by atoms with Gasteiger partial charge in [-0.1, -0.05) is 18.1 Å². The topological polar surface area (TPSA) is 68.0 Å². The molecule has 0 saturated carbocycles. The van der Waals surface area contributed by atoms with E-state index >= 15 is 0 Å². The fourth-order valence-corrected chi connectivity index (χ4v) is 4.51. The Morgan fingerprint density at radius 3 is 3.22 bits per heavy atom. The smallest absolute Gasteiger partial charge is 0.279 e. The van der Waals surface area contributed by atoms with E-state index in [0.717, 1.165) is 29.8 Å². The lowest BCUT2D eigenvalue weighted by Crippen LogP contribution is -2.12. The summed E-state index contributed by atoms with van der Waals surface area (Å²) >= 11 is 3.11. The van der Waals surface area contributed by atoms with E-state index in [-0.39, 0.29) is 11.6 Å². The summed E-state index contributed by atoms with van der Waals surface area (Å²) < 4.78 is 5.25. The van der Waals surface area contributed by atoms with Gasteiger partial charge in [0.1, 0.15) is 0 Å². The molecule has 0 fully saturated rings. The third-order valence-corrected chi connectivity index (χ3v) is 5.83. The number of carbonyl (C=O) groups excluding carboxylic acids is 1. The van der Waals surface area contributed by atoms with Gasteiger partial charge in [-0.3, -0.25) is 10.1 Å². The zero-order chi connectivity index (χ0) is 15.8. The number of fused-ring (bicyclic) bond motifs is 1. The Labute approximate surface area is 141 Å². The van der Waals surface area contributed by atoms with Gasteiger partial charge < -0.3 is 4.52 Å². The Bertz CT molecular complexity index is 836. The molecule has 0 radical (unpaired) electrons. The van der Waals surface area contributed by atoms with Gasteiger partial charge in [0.05, 0.1) is 10.6 Å². The average Bonchev–Trinajstić information content (AvgIpc) is 3.26. The summed E-state index contributed by atoms with van der Waals surface area (Å²) in [5.74, 6) is 1.02. The first kappa shape index (κ1) is 14.6. The maximum Gasteiger partial charge on any atom is 0.279 e. The third-order valence-electron chi connectivity index (χ3n) is 3.91. The first-order valence-electron chi connectivity index (χ1n) is 7.49. The van der Waals surface area contributed by atoms with E-state index in [1.807, 2.05) is 17.5 Å². The van der Waals surface area contributed by atoms with Crippen molar-refractivity contribution in [2.75, 3.05) is 5.32 Å². The highest BCUT2D eigenvalue weighted by molar-refractivity contribution is 7.16.